The summed E-state index contributed by atoms with van der Waals surface area (Å²) in [4.78, 5) is 2.62. The molecule has 4 unspecified atom stereocenters. The molecular weight excluding hydrogens is 220 g/mol. The minimum Gasteiger partial charge on any atom is -0.376 e. The molecule has 94 valence electrons. The summed E-state index contributed by atoms with van der Waals surface area (Å²) in [7, 11) is 0. The van der Waals surface area contributed by atoms with Crippen LogP contribution < -0.4 is 5.73 Å². The van der Waals surface area contributed by atoms with Crippen molar-refractivity contribution in [1.29, 1.82) is 0 Å². The molecule has 4 atom stereocenters. The normalized spacial score (nSPS) is 46.1. The number of hydrogen-bond acceptors (Lipinski definition) is 4. The van der Waals surface area contributed by atoms with E-state index in [1.807, 2.05) is 0 Å². The van der Waals surface area contributed by atoms with Gasteiger partial charge in [-0.3, -0.25) is 4.90 Å². The number of thioether (sulfide) groups is 1. The molecule has 2 aliphatic heterocycles. The van der Waals surface area contributed by atoms with Crippen LogP contribution in [0.15, 0.2) is 0 Å². The van der Waals surface area contributed by atoms with Crippen LogP contribution in [-0.4, -0.2) is 53.3 Å². The lowest BCUT2D eigenvalue weighted by Crippen LogP contribution is -2.64. The van der Waals surface area contributed by atoms with Crippen molar-refractivity contribution >= 4 is 11.8 Å². The van der Waals surface area contributed by atoms with E-state index < -0.39 is 0 Å². The maximum absolute atomic E-state index is 6.10. The Morgan fingerprint density at radius 2 is 2.19 bits per heavy atom. The van der Waals surface area contributed by atoms with Crippen molar-refractivity contribution in [3.8, 4) is 0 Å². The van der Waals surface area contributed by atoms with Crippen LogP contribution in [0.2, 0.25) is 0 Å². The minimum absolute atomic E-state index is 0.210. The molecule has 0 aliphatic carbocycles. The first-order valence-electron chi connectivity index (χ1n) is 6.30. The summed E-state index contributed by atoms with van der Waals surface area (Å²) in [6.45, 7) is 9.41. The van der Waals surface area contributed by atoms with Crippen LogP contribution in [0.5, 0.6) is 0 Å². The Bertz CT molecular complexity index is 251. The van der Waals surface area contributed by atoms with Crippen LogP contribution in [0.25, 0.3) is 0 Å². The van der Waals surface area contributed by atoms with Gasteiger partial charge in [0.15, 0.2) is 0 Å². The Hall–Kier alpha value is 0.230. The molecule has 2 N–H and O–H groups in total. The molecule has 2 rings (SSSR count). The Morgan fingerprint density at radius 3 is 2.75 bits per heavy atom. The van der Waals surface area contributed by atoms with Crippen LogP contribution in [0, 0.1) is 0 Å². The molecule has 3 nitrogen and oxygen atoms in total. The molecule has 2 saturated heterocycles. The SMILES string of the molecule is CC1CN(C2(CN)CCSC2C)C(C)CO1. The van der Waals surface area contributed by atoms with Crippen molar-refractivity contribution in [2.45, 2.75) is 50.1 Å². The van der Waals surface area contributed by atoms with Gasteiger partial charge in [0.25, 0.3) is 0 Å². The summed E-state index contributed by atoms with van der Waals surface area (Å²) in [5.74, 6) is 1.25. The molecule has 2 heterocycles. The molecule has 0 aromatic heterocycles. The summed E-state index contributed by atoms with van der Waals surface area (Å²) in [5, 5.41) is 0.644. The van der Waals surface area contributed by atoms with Gasteiger partial charge in [0.05, 0.1) is 12.7 Å². The fourth-order valence-corrected chi connectivity index (χ4v) is 4.54. The van der Waals surface area contributed by atoms with Crippen LogP contribution >= 0.6 is 11.8 Å². The molecule has 0 aromatic rings. The third-order valence-electron chi connectivity index (χ3n) is 4.19. The number of hydrogen-bond donors (Lipinski definition) is 1. The maximum atomic E-state index is 6.10. The molecule has 0 bridgehead atoms. The lowest BCUT2D eigenvalue weighted by Gasteiger charge is -2.50. The quantitative estimate of drug-likeness (QED) is 0.795. The Labute approximate surface area is 103 Å². The number of nitrogens with two attached hydrogens (primary N) is 1. The predicted molar refractivity (Wildman–Crippen MR) is 69.9 cm³/mol. The smallest absolute Gasteiger partial charge is 0.0675 e. The van der Waals surface area contributed by atoms with Gasteiger partial charge < -0.3 is 10.5 Å². The summed E-state index contributed by atoms with van der Waals surface area (Å²) < 4.78 is 5.72. The van der Waals surface area contributed by atoms with Gasteiger partial charge in [-0.25, -0.2) is 0 Å². The van der Waals surface area contributed by atoms with Gasteiger partial charge in [-0.05, 0) is 26.0 Å². The average molecular weight is 244 g/mol. The first-order chi connectivity index (χ1) is 7.60. The highest BCUT2D eigenvalue weighted by molar-refractivity contribution is 8.00. The highest BCUT2D eigenvalue weighted by Crippen LogP contribution is 2.41. The van der Waals surface area contributed by atoms with Gasteiger partial charge in [0, 0.05) is 29.9 Å². The zero-order chi connectivity index (χ0) is 11.8. The Kier molecular flexibility index (Phi) is 3.84. The lowest BCUT2D eigenvalue weighted by atomic mass is 9.88. The predicted octanol–water partition coefficient (Wildman–Crippen LogP) is 1.32. The Morgan fingerprint density at radius 1 is 1.44 bits per heavy atom. The molecular formula is C12H24N2OS. The van der Waals surface area contributed by atoms with Crippen LogP contribution in [0.3, 0.4) is 0 Å². The van der Waals surface area contributed by atoms with E-state index in [9.17, 15) is 0 Å². The van der Waals surface area contributed by atoms with E-state index in [4.69, 9.17) is 10.5 Å². The molecule has 0 amide bonds. The van der Waals surface area contributed by atoms with E-state index in [0.29, 0.717) is 17.4 Å². The van der Waals surface area contributed by atoms with Crippen molar-refractivity contribution in [3.05, 3.63) is 0 Å². The van der Waals surface area contributed by atoms with Crippen LogP contribution in [0.4, 0.5) is 0 Å². The van der Waals surface area contributed by atoms with Gasteiger partial charge in [0.2, 0.25) is 0 Å². The second-order valence-electron chi connectivity index (χ2n) is 5.22. The molecule has 0 radical (unpaired) electrons. The zero-order valence-corrected chi connectivity index (χ0v) is 11.4. The van der Waals surface area contributed by atoms with E-state index in [-0.39, 0.29) is 5.54 Å². The maximum Gasteiger partial charge on any atom is 0.0675 e. The third kappa shape index (κ3) is 2.01. The van der Waals surface area contributed by atoms with Gasteiger partial charge in [-0.2, -0.15) is 11.8 Å². The van der Waals surface area contributed by atoms with Crippen molar-refractivity contribution in [2.24, 2.45) is 5.73 Å². The standard InChI is InChI=1S/C12H24N2OS/c1-9-7-15-10(2)6-14(9)12(8-13)4-5-16-11(12)3/h9-11H,4-8,13H2,1-3H3. The second kappa shape index (κ2) is 4.84. The van der Waals surface area contributed by atoms with E-state index in [2.05, 4.69) is 37.4 Å². The summed E-state index contributed by atoms with van der Waals surface area (Å²) in [6.07, 6.45) is 1.57. The van der Waals surface area contributed by atoms with Gasteiger partial charge >= 0.3 is 0 Å². The molecule has 0 spiro atoms. The monoisotopic (exact) mass is 244 g/mol. The van der Waals surface area contributed by atoms with E-state index in [0.717, 1.165) is 19.7 Å². The Balaban J connectivity index is 2.19. The van der Waals surface area contributed by atoms with E-state index in [1.54, 1.807) is 0 Å². The third-order valence-corrected chi connectivity index (χ3v) is 5.57. The molecule has 2 aliphatic rings. The van der Waals surface area contributed by atoms with E-state index in [1.165, 1.54) is 12.2 Å². The summed E-state index contributed by atoms with van der Waals surface area (Å²) in [5.41, 5.74) is 6.31. The molecule has 16 heavy (non-hydrogen) atoms. The van der Waals surface area contributed by atoms with Crippen LogP contribution in [-0.2, 0) is 4.74 Å². The highest BCUT2D eigenvalue weighted by Gasteiger charge is 2.47. The fourth-order valence-electron chi connectivity index (χ4n) is 3.06. The molecule has 0 saturated carbocycles. The second-order valence-corrected chi connectivity index (χ2v) is 6.66. The van der Waals surface area contributed by atoms with Gasteiger partial charge in [-0.1, -0.05) is 6.92 Å². The topological polar surface area (TPSA) is 38.5 Å². The number of ether oxygens (including phenoxy) is 1. The lowest BCUT2D eigenvalue weighted by molar-refractivity contribution is -0.0913. The molecule has 2 fully saturated rings. The van der Waals surface area contributed by atoms with Crippen molar-refractivity contribution < 1.29 is 4.74 Å². The van der Waals surface area contributed by atoms with Crippen molar-refractivity contribution in [3.63, 3.8) is 0 Å². The molecule has 4 heteroatoms. The summed E-state index contributed by atoms with van der Waals surface area (Å²) in [6, 6.07) is 0.501. The number of rotatable bonds is 2. The van der Waals surface area contributed by atoms with Crippen molar-refractivity contribution in [1.82, 2.24) is 4.90 Å². The van der Waals surface area contributed by atoms with Crippen molar-refractivity contribution in [2.75, 3.05) is 25.4 Å². The van der Waals surface area contributed by atoms with E-state index >= 15 is 0 Å². The fraction of sp³-hybridized carbons (Fsp3) is 1.00. The average Bonchev–Trinajstić information content (AvgIpc) is 2.64. The highest BCUT2D eigenvalue weighted by atomic mass is 32.2. The first kappa shape index (κ1) is 12.7. The summed E-state index contributed by atoms with van der Waals surface area (Å²) >= 11 is 2.06. The largest absolute Gasteiger partial charge is 0.376 e. The minimum atomic E-state index is 0.210. The van der Waals surface area contributed by atoms with Gasteiger partial charge in [-0.15, -0.1) is 0 Å². The number of morpholine rings is 1. The van der Waals surface area contributed by atoms with Crippen LogP contribution in [0.1, 0.15) is 27.2 Å². The van der Waals surface area contributed by atoms with Gasteiger partial charge in [0.1, 0.15) is 0 Å². The zero-order valence-electron chi connectivity index (χ0n) is 10.6. The number of nitrogens with zero attached hydrogens (tertiary/aromatic N) is 1. The molecule has 0 aromatic carbocycles. The first-order valence-corrected chi connectivity index (χ1v) is 7.35.